The highest BCUT2D eigenvalue weighted by Gasteiger charge is 2.24. The molecule has 3 rings (SSSR count). The molecule has 26 heavy (non-hydrogen) atoms. The molecule has 0 aromatic heterocycles. The number of hydrogen-bond acceptors (Lipinski definition) is 3. The van der Waals surface area contributed by atoms with E-state index in [0.29, 0.717) is 16.6 Å². The number of likely N-dealkylation sites (N-methyl/N-ethyl adjacent to an activating group) is 1. The number of carbonyl (C=O) groups excluding carboxylic acids is 1. The fraction of sp³-hybridized carbons (Fsp3) is 0.300. The van der Waals surface area contributed by atoms with Crippen molar-refractivity contribution in [2.45, 2.75) is 19.4 Å². The Morgan fingerprint density at radius 2 is 1.96 bits per heavy atom. The second kappa shape index (κ2) is 8.21. The molecule has 6 heteroatoms. The molecule has 136 valence electrons. The van der Waals surface area contributed by atoms with E-state index < -0.39 is 0 Å². The van der Waals surface area contributed by atoms with Gasteiger partial charge in [0.1, 0.15) is 0 Å². The van der Waals surface area contributed by atoms with E-state index in [9.17, 15) is 4.79 Å². The van der Waals surface area contributed by atoms with Gasteiger partial charge in [0, 0.05) is 22.5 Å². The largest absolute Gasteiger partial charge is 0.291 e. The molecule has 0 radical (unpaired) electrons. The zero-order valence-electron chi connectivity index (χ0n) is 14.8. The number of amides is 1. The normalized spacial score (nSPS) is 15.3. The highest BCUT2D eigenvalue weighted by molar-refractivity contribution is 6.35. The van der Waals surface area contributed by atoms with Crippen LogP contribution in [0.2, 0.25) is 10.0 Å². The Morgan fingerprint density at radius 3 is 2.65 bits per heavy atom. The predicted molar refractivity (Wildman–Crippen MR) is 107 cm³/mol. The standard InChI is InChI=1S/C20H21Cl2N3O/c1-14(17-9-8-16(21)12-18(17)22)24(2)13-20(26)25-11-10-19(23-25)15-6-4-3-5-7-15/h3-9,12,14H,10-11,13H2,1-2H3/t14-/m1/s1. The van der Waals surface area contributed by atoms with Crippen molar-refractivity contribution in [3.05, 3.63) is 69.7 Å². The van der Waals surface area contributed by atoms with E-state index in [0.717, 1.165) is 23.3 Å². The maximum Gasteiger partial charge on any atom is 0.256 e. The van der Waals surface area contributed by atoms with Crippen LogP contribution in [0.1, 0.15) is 30.5 Å². The molecular weight excluding hydrogens is 369 g/mol. The Balaban J connectivity index is 1.65. The van der Waals surface area contributed by atoms with Crippen LogP contribution in [0, 0.1) is 0 Å². The average Bonchev–Trinajstić information content (AvgIpc) is 3.12. The summed E-state index contributed by atoms with van der Waals surface area (Å²) in [6.45, 7) is 2.91. The average molecular weight is 390 g/mol. The molecule has 0 saturated heterocycles. The smallest absolute Gasteiger partial charge is 0.256 e. The first kappa shape index (κ1) is 18.9. The van der Waals surface area contributed by atoms with Gasteiger partial charge in [-0.3, -0.25) is 9.69 Å². The number of carbonyl (C=O) groups is 1. The van der Waals surface area contributed by atoms with Gasteiger partial charge in [0.25, 0.3) is 5.91 Å². The maximum absolute atomic E-state index is 12.6. The Morgan fingerprint density at radius 1 is 1.23 bits per heavy atom. The topological polar surface area (TPSA) is 35.9 Å². The quantitative estimate of drug-likeness (QED) is 0.747. The van der Waals surface area contributed by atoms with Gasteiger partial charge in [-0.1, -0.05) is 59.6 Å². The van der Waals surface area contributed by atoms with E-state index in [4.69, 9.17) is 23.2 Å². The summed E-state index contributed by atoms with van der Waals surface area (Å²) in [7, 11) is 1.91. The summed E-state index contributed by atoms with van der Waals surface area (Å²) in [5.41, 5.74) is 2.97. The Kier molecular flexibility index (Phi) is 5.97. The minimum atomic E-state index is -0.0182. The molecule has 0 spiro atoms. The monoisotopic (exact) mass is 389 g/mol. The van der Waals surface area contributed by atoms with Gasteiger partial charge in [0.05, 0.1) is 18.8 Å². The molecule has 2 aromatic carbocycles. The summed E-state index contributed by atoms with van der Waals surface area (Å²) in [5.74, 6) is -0.0182. The second-order valence-corrected chi connectivity index (χ2v) is 7.28. The summed E-state index contributed by atoms with van der Waals surface area (Å²) in [4.78, 5) is 14.6. The number of halogens is 2. The van der Waals surface area contributed by atoms with Crippen molar-refractivity contribution in [3.8, 4) is 0 Å². The minimum Gasteiger partial charge on any atom is -0.291 e. The van der Waals surface area contributed by atoms with E-state index in [1.54, 1.807) is 11.1 Å². The van der Waals surface area contributed by atoms with Crippen molar-refractivity contribution in [2.24, 2.45) is 5.10 Å². The number of benzene rings is 2. The Bertz CT molecular complexity index is 823. The van der Waals surface area contributed by atoms with Crippen molar-refractivity contribution >= 4 is 34.8 Å². The zero-order valence-corrected chi connectivity index (χ0v) is 16.3. The lowest BCUT2D eigenvalue weighted by molar-refractivity contribution is -0.132. The summed E-state index contributed by atoms with van der Waals surface area (Å²) in [6, 6.07) is 15.4. The number of hydrogen-bond donors (Lipinski definition) is 0. The third-order valence-corrected chi connectivity index (χ3v) is 5.22. The van der Waals surface area contributed by atoms with Gasteiger partial charge in [-0.15, -0.1) is 0 Å². The van der Waals surface area contributed by atoms with Crippen LogP contribution in [0.3, 0.4) is 0 Å². The lowest BCUT2D eigenvalue weighted by Gasteiger charge is -2.26. The SMILES string of the molecule is C[C@H](c1ccc(Cl)cc1Cl)N(C)CC(=O)N1CCC(c2ccccc2)=N1. The van der Waals surface area contributed by atoms with Crippen molar-refractivity contribution in [3.63, 3.8) is 0 Å². The molecule has 0 saturated carbocycles. The van der Waals surface area contributed by atoms with Crippen molar-refractivity contribution < 1.29 is 4.79 Å². The summed E-state index contributed by atoms with van der Waals surface area (Å²) < 4.78 is 0. The fourth-order valence-corrected chi connectivity index (χ4v) is 3.55. The van der Waals surface area contributed by atoms with Crippen LogP contribution in [0.4, 0.5) is 0 Å². The van der Waals surface area contributed by atoms with Gasteiger partial charge < -0.3 is 0 Å². The first-order valence-electron chi connectivity index (χ1n) is 8.54. The van der Waals surface area contributed by atoms with Crippen LogP contribution in [0.15, 0.2) is 53.6 Å². The maximum atomic E-state index is 12.6. The molecule has 1 aliphatic heterocycles. The van der Waals surface area contributed by atoms with Gasteiger partial charge >= 0.3 is 0 Å². The molecule has 1 aliphatic rings. The van der Waals surface area contributed by atoms with Crippen LogP contribution in [0.25, 0.3) is 0 Å². The molecule has 1 heterocycles. The number of hydrazone groups is 1. The minimum absolute atomic E-state index is 0.0103. The van der Waals surface area contributed by atoms with Gasteiger partial charge in [0.2, 0.25) is 0 Å². The van der Waals surface area contributed by atoms with Crippen LogP contribution >= 0.6 is 23.2 Å². The first-order chi connectivity index (χ1) is 12.5. The summed E-state index contributed by atoms with van der Waals surface area (Å²) in [6.07, 6.45) is 0.776. The first-order valence-corrected chi connectivity index (χ1v) is 9.29. The van der Waals surface area contributed by atoms with Crippen molar-refractivity contribution in [2.75, 3.05) is 20.1 Å². The van der Waals surface area contributed by atoms with Crippen LogP contribution in [-0.2, 0) is 4.79 Å². The molecule has 0 bridgehead atoms. The number of nitrogens with zero attached hydrogens (tertiary/aromatic N) is 3. The lowest BCUT2D eigenvalue weighted by atomic mass is 10.1. The van der Waals surface area contributed by atoms with Crippen LogP contribution in [0.5, 0.6) is 0 Å². The van der Waals surface area contributed by atoms with Gasteiger partial charge in [-0.2, -0.15) is 5.10 Å². The van der Waals surface area contributed by atoms with Crippen LogP contribution in [-0.4, -0.2) is 41.7 Å². The molecule has 0 aliphatic carbocycles. The zero-order chi connectivity index (χ0) is 18.7. The van der Waals surface area contributed by atoms with Crippen LogP contribution < -0.4 is 0 Å². The van der Waals surface area contributed by atoms with Crippen molar-refractivity contribution in [1.29, 1.82) is 0 Å². The third kappa shape index (κ3) is 4.26. The molecule has 0 N–H and O–H groups in total. The molecule has 1 amide bonds. The van der Waals surface area contributed by atoms with Gasteiger partial charge in [-0.25, -0.2) is 5.01 Å². The molecule has 0 fully saturated rings. The van der Waals surface area contributed by atoms with E-state index in [1.165, 1.54) is 0 Å². The highest BCUT2D eigenvalue weighted by atomic mass is 35.5. The Labute approximate surface area is 164 Å². The molecule has 0 unspecified atom stereocenters. The fourth-order valence-electron chi connectivity index (χ4n) is 2.98. The summed E-state index contributed by atoms with van der Waals surface area (Å²) >= 11 is 12.3. The third-order valence-electron chi connectivity index (χ3n) is 4.66. The predicted octanol–water partition coefficient (Wildman–Crippen LogP) is 4.62. The lowest BCUT2D eigenvalue weighted by Crippen LogP contribution is -2.36. The van der Waals surface area contributed by atoms with Crippen molar-refractivity contribution in [1.82, 2.24) is 9.91 Å². The second-order valence-electron chi connectivity index (χ2n) is 6.44. The van der Waals surface area contributed by atoms with E-state index in [2.05, 4.69) is 5.10 Å². The molecule has 4 nitrogen and oxygen atoms in total. The number of rotatable bonds is 5. The van der Waals surface area contributed by atoms with Gasteiger partial charge in [0.15, 0.2) is 0 Å². The molecule has 2 aromatic rings. The Hall–Kier alpha value is -1.88. The highest BCUT2D eigenvalue weighted by Crippen LogP contribution is 2.29. The van der Waals surface area contributed by atoms with Gasteiger partial charge in [-0.05, 0) is 37.2 Å². The molecule has 1 atom stereocenters. The van der Waals surface area contributed by atoms with E-state index in [-0.39, 0.29) is 18.5 Å². The molecular formula is C20H21Cl2N3O. The summed E-state index contributed by atoms with van der Waals surface area (Å²) in [5, 5.41) is 7.28. The van der Waals surface area contributed by atoms with E-state index >= 15 is 0 Å². The van der Waals surface area contributed by atoms with E-state index in [1.807, 2.05) is 61.3 Å².